The fourth-order valence-corrected chi connectivity index (χ4v) is 1.70. The van der Waals surface area contributed by atoms with Gasteiger partial charge < -0.3 is 15.2 Å². The van der Waals surface area contributed by atoms with Gasteiger partial charge in [-0.3, -0.25) is 0 Å². The van der Waals surface area contributed by atoms with Crippen molar-refractivity contribution in [3.63, 3.8) is 0 Å². The van der Waals surface area contributed by atoms with Gasteiger partial charge >= 0.3 is 0 Å². The smallest absolute Gasteiger partial charge is 0.146 e. The van der Waals surface area contributed by atoms with Crippen LogP contribution in [-0.2, 0) is 13.6 Å². The molecule has 0 amide bonds. The number of pyridine rings is 1. The molecule has 2 heterocycles. The van der Waals surface area contributed by atoms with Gasteiger partial charge in [0.25, 0.3) is 0 Å². The highest BCUT2D eigenvalue weighted by Crippen LogP contribution is 2.19. The number of hydrogen-bond donors (Lipinski definition) is 1. The van der Waals surface area contributed by atoms with E-state index in [-0.39, 0.29) is 0 Å². The van der Waals surface area contributed by atoms with Crippen LogP contribution in [0.5, 0.6) is 0 Å². The molecule has 2 aromatic rings. The largest absolute Gasteiger partial charge is 0.397 e. The molecule has 0 bridgehead atoms. The normalized spacial score (nSPS) is 10.1. The number of nitriles is 1. The Labute approximate surface area is 105 Å². The molecular formula is C12H14N6. The molecule has 2 aromatic heterocycles. The molecule has 0 aliphatic heterocycles. The van der Waals surface area contributed by atoms with Crippen molar-refractivity contribution in [2.24, 2.45) is 7.05 Å². The number of nitrogen functional groups attached to an aromatic ring is 1. The first-order chi connectivity index (χ1) is 8.61. The molecular weight excluding hydrogens is 228 g/mol. The maximum atomic E-state index is 9.08. The Balaban J connectivity index is 2.27. The lowest BCUT2D eigenvalue weighted by Gasteiger charge is -2.18. The molecule has 6 heteroatoms. The molecule has 0 aliphatic rings. The highest BCUT2D eigenvalue weighted by Gasteiger charge is 2.11. The van der Waals surface area contributed by atoms with Crippen LogP contribution in [0, 0.1) is 11.3 Å². The summed E-state index contributed by atoms with van der Waals surface area (Å²) < 4.78 is 1.93. The molecule has 0 aromatic carbocycles. The predicted molar refractivity (Wildman–Crippen MR) is 68.7 cm³/mol. The number of rotatable bonds is 3. The van der Waals surface area contributed by atoms with Crippen LogP contribution in [0.25, 0.3) is 0 Å². The van der Waals surface area contributed by atoms with Crippen LogP contribution in [0.4, 0.5) is 11.5 Å². The third-order valence-corrected chi connectivity index (χ3v) is 2.67. The molecule has 6 nitrogen and oxygen atoms in total. The minimum atomic E-state index is 0.465. The molecule has 0 aliphatic carbocycles. The SMILES string of the molecule is CN(Cc1nccn1C)c1ncc(N)cc1C#N. The van der Waals surface area contributed by atoms with E-state index in [4.69, 9.17) is 11.0 Å². The fourth-order valence-electron chi connectivity index (χ4n) is 1.70. The zero-order valence-electron chi connectivity index (χ0n) is 10.3. The van der Waals surface area contributed by atoms with Gasteiger partial charge in [0.05, 0.1) is 24.0 Å². The molecule has 0 atom stereocenters. The van der Waals surface area contributed by atoms with Crippen molar-refractivity contribution in [2.75, 3.05) is 17.7 Å². The maximum Gasteiger partial charge on any atom is 0.146 e. The number of imidazole rings is 1. The summed E-state index contributed by atoms with van der Waals surface area (Å²) in [5, 5.41) is 9.08. The molecule has 0 fully saturated rings. The molecule has 2 N–H and O–H groups in total. The molecule has 0 saturated carbocycles. The van der Waals surface area contributed by atoms with E-state index in [0.717, 1.165) is 5.82 Å². The van der Waals surface area contributed by atoms with Gasteiger partial charge in [0.15, 0.2) is 0 Å². The van der Waals surface area contributed by atoms with Gasteiger partial charge in [-0.1, -0.05) is 0 Å². The van der Waals surface area contributed by atoms with Crippen LogP contribution in [0.1, 0.15) is 11.4 Å². The average Bonchev–Trinajstić information content (AvgIpc) is 2.74. The standard InChI is InChI=1S/C12H14N6/c1-17-4-3-15-11(17)8-18(2)12-9(6-13)5-10(14)7-16-12/h3-5,7H,8,14H2,1-2H3. The fraction of sp³-hybridized carbons (Fsp3) is 0.250. The topological polar surface area (TPSA) is 83.8 Å². The van der Waals surface area contributed by atoms with E-state index in [9.17, 15) is 0 Å². The number of nitrogens with zero attached hydrogens (tertiary/aromatic N) is 5. The number of nitrogens with two attached hydrogens (primary N) is 1. The Morgan fingerprint density at radius 1 is 1.50 bits per heavy atom. The summed E-state index contributed by atoms with van der Waals surface area (Å²) >= 11 is 0. The monoisotopic (exact) mass is 242 g/mol. The van der Waals surface area contributed by atoms with Crippen molar-refractivity contribution >= 4 is 11.5 Å². The van der Waals surface area contributed by atoms with Crippen LogP contribution in [0.15, 0.2) is 24.7 Å². The highest BCUT2D eigenvalue weighted by atomic mass is 15.2. The van der Waals surface area contributed by atoms with Gasteiger partial charge in [-0.15, -0.1) is 0 Å². The maximum absolute atomic E-state index is 9.08. The van der Waals surface area contributed by atoms with Gasteiger partial charge in [0, 0.05) is 26.5 Å². The summed E-state index contributed by atoms with van der Waals surface area (Å²) in [7, 11) is 3.80. The summed E-state index contributed by atoms with van der Waals surface area (Å²) in [6.07, 6.45) is 5.17. The zero-order chi connectivity index (χ0) is 13.1. The van der Waals surface area contributed by atoms with E-state index in [0.29, 0.717) is 23.6 Å². The lowest BCUT2D eigenvalue weighted by atomic mass is 10.2. The number of aromatic nitrogens is 3. The molecule has 18 heavy (non-hydrogen) atoms. The second-order valence-corrected chi connectivity index (χ2v) is 4.06. The quantitative estimate of drug-likeness (QED) is 0.864. The van der Waals surface area contributed by atoms with E-state index in [1.165, 1.54) is 0 Å². The predicted octanol–water partition coefficient (Wildman–Crippen LogP) is 0.905. The van der Waals surface area contributed by atoms with Crippen molar-refractivity contribution in [1.82, 2.24) is 14.5 Å². The van der Waals surface area contributed by atoms with E-state index in [2.05, 4.69) is 16.0 Å². The second kappa shape index (κ2) is 4.75. The van der Waals surface area contributed by atoms with E-state index >= 15 is 0 Å². The summed E-state index contributed by atoms with van der Waals surface area (Å²) in [6, 6.07) is 3.72. The molecule has 0 saturated heterocycles. The Morgan fingerprint density at radius 3 is 2.89 bits per heavy atom. The van der Waals surface area contributed by atoms with Crippen LogP contribution in [-0.4, -0.2) is 21.6 Å². The first-order valence-corrected chi connectivity index (χ1v) is 5.44. The van der Waals surface area contributed by atoms with Gasteiger partial charge in [-0.25, -0.2) is 9.97 Å². The highest BCUT2D eigenvalue weighted by molar-refractivity contribution is 5.58. The third kappa shape index (κ3) is 2.25. The molecule has 0 radical (unpaired) electrons. The third-order valence-electron chi connectivity index (χ3n) is 2.67. The molecule has 92 valence electrons. The first-order valence-electron chi connectivity index (χ1n) is 5.44. The van der Waals surface area contributed by atoms with E-state index < -0.39 is 0 Å². The van der Waals surface area contributed by atoms with E-state index in [1.807, 2.05) is 29.8 Å². The summed E-state index contributed by atoms with van der Waals surface area (Å²) in [6.45, 7) is 0.578. The number of anilines is 2. The number of aryl methyl sites for hydroxylation is 1. The zero-order valence-corrected chi connectivity index (χ0v) is 10.3. The lowest BCUT2D eigenvalue weighted by molar-refractivity contribution is 0.755. The molecule has 0 spiro atoms. The first kappa shape index (κ1) is 11.9. The van der Waals surface area contributed by atoms with E-state index in [1.54, 1.807) is 18.5 Å². The van der Waals surface area contributed by atoms with Gasteiger partial charge in [0.1, 0.15) is 17.7 Å². The van der Waals surface area contributed by atoms with Crippen molar-refractivity contribution in [2.45, 2.75) is 6.54 Å². The van der Waals surface area contributed by atoms with Crippen molar-refractivity contribution in [3.05, 3.63) is 36.0 Å². The minimum absolute atomic E-state index is 0.465. The Kier molecular flexibility index (Phi) is 3.15. The Bertz CT molecular complexity index is 595. The Hall–Kier alpha value is -2.55. The van der Waals surface area contributed by atoms with Gasteiger partial charge in [-0.05, 0) is 6.07 Å². The number of hydrogen-bond acceptors (Lipinski definition) is 5. The van der Waals surface area contributed by atoms with Crippen molar-refractivity contribution in [3.8, 4) is 6.07 Å². The molecule has 0 unspecified atom stereocenters. The van der Waals surface area contributed by atoms with Crippen LogP contribution < -0.4 is 10.6 Å². The van der Waals surface area contributed by atoms with Crippen LogP contribution in [0.2, 0.25) is 0 Å². The molecule has 2 rings (SSSR count). The van der Waals surface area contributed by atoms with Gasteiger partial charge in [0.2, 0.25) is 0 Å². The second-order valence-electron chi connectivity index (χ2n) is 4.06. The van der Waals surface area contributed by atoms with Crippen molar-refractivity contribution in [1.29, 1.82) is 5.26 Å². The summed E-state index contributed by atoms with van der Waals surface area (Å²) in [5.41, 5.74) is 6.57. The lowest BCUT2D eigenvalue weighted by Crippen LogP contribution is -2.21. The average molecular weight is 242 g/mol. The van der Waals surface area contributed by atoms with Crippen LogP contribution in [0.3, 0.4) is 0 Å². The van der Waals surface area contributed by atoms with Crippen molar-refractivity contribution < 1.29 is 0 Å². The Morgan fingerprint density at radius 2 is 2.28 bits per heavy atom. The summed E-state index contributed by atoms with van der Waals surface area (Å²) in [5.74, 6) is 1.51. The summed E-state index contributed by atoms with van der Waals surface area (Å²) in [4.78, 5) is 10.3. The van der Waals surface area contributed by atoms with Crippen LogP contribution >= 0.6 is 0 Å². The minimum Gasteiger partial charge on any atom is -0.397 e. The van der Waals surface area contributed by atoms with Gasteiger partial charge in [-0.2, -0.15) is 5.26 Å².